The third kappa shape index (κ3) is 2.63. The summed E-state index contributed by atoms with van der Waals surface area (Å²) in [7, 11) is 0. The van der Waals surface area contributed by atoms with Crippen LogP contribution in [0.1, 0.15) is 0 Å². The lowest BCUT2D eigenvalue weighted by Crippen LogP contribution is -2.26. The third-order valence-electron chi connectivity index (χ3n) is 2.70. The maximum absolute atomic E-state index is 11.8. The molecule has 0 fully saturated rings. The zero-order valence-corrected chi connectivity index (χ0v) is 9.73. The molecule has 3 nitrogen and oxygen atoms in total. The molecule has 3 heteroatoms. The molecule has 1 aromatic heterocycles. The quantitative estimate of drug-likeness (QED) is 0.625. The van der Waals surface area contributed by atoms with Gasteiger partial charge in [-0.3, -0.25) is 4.79 Å². The molecule has 0 spiro atoms. The summed E-state index contributed by atoms with van der Waals surface area (Å²) in [5, 5.41) is 4.29. The number of benzene rings is 1. The average molecular weight is 228 g/mol. The monoisotopic (exact) mass is 228 g/mol. The molecule has 0 atom stereocenters. The molecule has 0 aliphatic rings. The number of nitrogens with zero attached hydrogens (tertiary/aromatic N) is 1. The van der Waals surface area contributed by atoms with Gasteiger partial charge in [-0.25, -0.2) is 0 Å². The van der Waals surface area contributed by atoms with Crippen molar-refractivity contribution in [2.24, 2.45) is 0 Å². The largest absolute Gasteiger partial charge is 0.312 e. The van der Waals surface area contributed by atoms with Gasteiger partial charge in [-0.2, -0.15) is 0 Å². The van der Waals surface area contributed by atoms with Crippen LogP contribution in [-0.4, -0.2) is 17.7 Å². The number of nitrogens with one attached hydrogen (secondary N) is 1. The zero-order chi connectivity index (χ0) is 12.1. The minimum atomic E-state index is 0.0455. The summed E-state index contributed by atoms with van der Waals surface area (Å²) in [4.78, 5) is 11.8. The van der Waals surface area contributed by atoms with Crippen molar-refractivity contribution in [3.8, 4) is 0 Å². The van der Waals surface area contributed by atoms with E-state index in [1.807, 2.05) is 36.4 Å². The maximum Gasteiger partial charge on any atom is 0.251 e. The van der Waals surface area contributed by atoms with Crippen LogP contribution in [0.25, 0.3) is 10.9 Å². The van der Waals surface area contributed by atoms with Gasteiger partial charge in [0.2, 0.25) is 0 Å². The van der Waals surface area contributed by atoms with Crippen LogP contribution in [-0.2, 0) is 6.54 Å². The highest BCUT2D eigenvalue weighted by Crippen LogP contribution is 2.10. The first-order valence-electron chi connectivity index (χ1n) is 5.73. The van der Waals surface area contributed by atoms with Gasteiger partial charge in [-0.15, -0.1) is 6.58 Å². The highest BCUT2D eigenvalue weighted by molar-refractivity contribution is 5.78. The number of hydrogen-bond donors (Lipinski definition) is 1. The summed E-state index contributed by atoms with van der Waals surface area (Å²) in [6, 6.07) is 11.4. The van der Waals surface area contributed by atoms with E-state index in [0.717, 1.165) is 24.0 Å². The van der Waals surface area contributed by atoms with Crippen LogP contribution < -0.4 is 10.9 Å². The Bertz CT molecular complexity index is 572. The lowest BCUT2D eigenvalue weighted by atomic mass is 10.2. The van der Waals surface area contributed by atoms with Gasteiger partial charge in [0.25, 0.3) is 5.56 Å². The van der Waals surface area contributed by atoms with Crippen molar-refractivity contribution in [1.82, 2.24) is 9.88 Å². The first kappa shape index (κ1) is 11.6. The van der Waals surface area contributed by atoms with Crippen molar-refractivity contribution in [2.75, 3.05) is 13.1 Å². The second-order valence-corrected chi connectivity index (χ2v) is 3.87. The Balaban J connectivity index is 2.28. The van der Waals surface area contributed by atoms with Crippen LogP contribution in [0.15, 0.2) is 53.8 Å². The third-order valence-corrected chi connectivity index (χ3v) is 2.70. The molecular formula is C14H16N2O. The van der Waals surface area contributed by atoms with Crippen LogP contribution in [0.4, 0.5) is 0 Å². The molecule has 88 valence electrons. The zero-order valence-electron chi connectivity index (χ0n) is 9.73. The van der Waals surface area contributed by atoms with Crippen molar-refractivity contribution in [3.05, 3.63) is 59.4 Å². The number of fused-ring (bicyclic) bond motifs is 1. The normalized spacial score (nSPS) is 10.6. The van der Waals surface area contributed by atoms with Gasteiger partial charge < -0.3 is 9.88 Å². The van der Waals surface area contributed by atoms with Crippen molar-refractivity contribution < 1.29 is 0 Å². The lowest BCUT2D eigenvalue weighted by molar-refractivity contribution is 0.626. The Kier molecular flexibility index (Phi) is 3.73. The Hall–Kier alpha value is -1.87. The summed E-state index contributed by atoms with van der Waals surface area (Å²) < 4.78 is 1.80. The van der Waals surface area contributed by atoms with E-state index in [4.69, 9.17) is 0 Å². The van der Waals surface area contributed by atoms with E-state index in [-0.39, 0.29) is 5.56 Å². The topological polar surface area (TPSA) is 34.0 Å². The fraction of sp³-hybridized carbons (Fsp3) is 0.214. The smallest absolute Gasteiger partial charge is 0.251 e. The standard InChI is InChI=1S/C14H16N2O/c1-2-9-15-10-11-16-13-6-4-3-5-12(13)7-8-14(16)17/h2-8,15H,1,9-11H2. The molecule has 2 rings (SSSR count). The number of hydrogen-bond acceptors (Lipinski definition) is 2. The SMILES string of the molecule is C=CCNCCn1c(=O)ccc2ccccc21. The minimum absolute atomic E-state index is 0.0455. The Morgan fingerprint density at radius 1 is 1.24 bits per heavy atom. The Morgan fingerprint density at radius 3 is 2.88 bits per heavy atom. The summed E-state index contributed by atoms with van der Waals surface area (Å²) >= 11 is 0. The van der Waals surface area contributed by atoms with E-state index in [1.54, 1.807) is 10.6 Å². The molecule has 17 heavy (non-hydrogen) atoms. The van der Waals surface area contributed by atoms with Gasteiger partial charge in [-0.05, 0) is 17.5 Å². The van der Waals surface area contributed by atoms with Gasteiger partial charge in [0.05, 0.1) is 5.52 Å². The second-order valence-electron chi connectivity index (χ2n) is 3.87. The number of rotatable bonds is 5. The van der Waals surface area contributed by atoms with Crippen LogP contribution in [0.5, 0.6) is 0 Å². The highest BCUT2D eigenvalue weighted by atomic mass is 16.1. The summed E-state index contributed by atoms with van der Waals surface area (Å²) in [5.41, 5.74) is 1.03. The van der Waals surface area contributed by atoms with E-state index in [1.165, 1.54) is 0 Å². The number of aromatic nitrogens is 1. The Morgan fingerprint density at radius 2 is 2.06 bits per heavy atom. The van der Waals surface area contributed by atoms with Gasteiger partial charge in [0.15, 0.2) is 0 Å². The van der Waals surface area contributed by atoms with E-state index in [2.05, 4.69) is 11.9 Å². The average Bonchev–Trinajstić information content (AvgIpc) is 2.37. The minimum Gasteiger partial charge on any atom is -0.312 e. The van der Waals surface area contributed by atoms with Crippen molar-refractivity contribution >= 4 is 10.9 Å². The molecule has 0 bridgehead atoms. The summed E-state index contributed by atoms with van der Waals surface area (Å²) in [6.07, 6.45) is 1.81. The highest BCUT2D eigenvalue weighted by Gasteiger charge is 2.01. The number of para-hydroxylation sites is 1. The van der Waals surface area contributed by atoms with Gasteiger partial charge >= 0.3 is 0 Å². The van der Waals surface area contributed by atoms with Crippen LogP contribution in [0.3, 0.4) is 0 Å². The summed E-state index contributed by atoms with van der Waals surface area (Å²) in [6.45, 7) is 5.84. The molecule has 1 aromatic carbocycles. The van der Waals surface area contributed by atoms with Crippen molar-refractivity contribution in [2.45, 2.75) is 6.54 Å². The maximum atomic E-state index is 11.8. The van der Waals surface area contributed by atoms with Crippen LogP contribution in [0, 0.1) is 0 Å². The van der Waals surface area contributed by atoms with Crippen molar-refractivity contribution in [3.63, 3.8) is 0 Å². The molecule has 1 N–H and O–H groups in total. The Labute approximate surface area is 100 Å². The van der Waals surface area contributed by atoms with Crippen LogP contribution >= 0.6 is 0 Å². The van der Waals surface area contributed by atoms with E-state index < -0.39 is 0 Å². The number of pyridine rings is 1. The fourth-order valence-corrected chi connectivity index (χ4v) is 1.87. The molecule has 0 aliphatic carbocycles. The molecule has 0 saturated heterocycles. The first-order chi connectivity index (χ1) is 8.33. The predicted octanol–water partition coefficient (Wildman–Crippen LogP) is 1.78. The summed E-state index contributed by atoms with van der Waals surface area (Å²) in [5.74, 6) is 0. The van der Waals surface area contributed by atoms with Gasteiger partial charge in [0, 0.05) is 25.7 Å². The molecular weight excluding hydrogens is 212 g/mol. The first-order valence-corrected chi connectivity index (χ1v) is 5.73. The second kappa shape index (κ2) is 5.46. The molecule has 0 radical (unpaired) electrons. The molecule has 1 heterocycles. The fourth-order valence-electron chi connectivity index (χ4n) is 1.87. The molecule has 0 amide bonds. The molecule has 0 unspecified atom stereocenters. The van der Waals surface area contributed by atoms with E-state index in [9.17, 15) is 4.79 Å². The molecule has 2 aromatic rings. The van der Waals surface area contributed by atoms with Crippen molar-refractivity contribution in [1.29, 1.82) is 0 Å². The van der Waals surface area contributed by atoms with E-state index in [0.29, 0.717) is 6.54 Å². The lowest BCUT2D eigenvalue weighted by Gasteiger charge is -2.09. The predicted molar refractivity (Wildman–Crippen MR) is 71.3 cm³/mol. The van der Waals surface area contributed by atoms with Crippen LogP contribution in [0.2, 0.25) is 0 Å². The van der Waals surface area contributed by atoms with E-state index >= 15 is 0 Å². The van der Waals surface area contributed by atoms with Gasteiger partial charge in [-0.1, -0.05) is 24.3 Å². The molecule has 0 saturated carbocycles. The molecule has 0 aliphatic heterocycles. The van der Waals surface area contributed by atoms with Gasteiger partial charge in [0.1, 0.15) is 0 Å².